The van der Waals surface area contributed by atoms with Crippen molar-refractivity contribution < 1.29 is 17.6 Å². The molecular weight excluding hydrogens is 450 g/mol. The van der Waals surface area contributed by atoms with Gasteiger partial charge in [-0.1, -0.05) is 43.1 Å². The molecule has 1 amide bonds. The van der Waals surface area contributed by atoms with Crippen LogP contribution in [0.3, 0.4) is 0 Å². The average Bonchev–Trinajstić information content (AvgIpc) is 3.21. The van der Waals surface area contributed by atoms with Crippen LogP contribution in [0, 0.1) is 12.8 Å². The Hall–Kier alpha value is -2.94. The highest BCUT2D eigenvalue weighted by Crippen LogP contribution is 2.23. The molecule has 1 heterocycles. The van der Waals surface area contributed by atoms with Gasteiger partial charge in [0.2, 0.25) is 10.0 Å². The van der Waals surface area contributed by atoms with Crippen molar-refractivity contribution in [1.29, 1.82) is 0 Å². The third kappa shape index (κ3) is 6.06. The Kier molecular flexibility index (Phi) is 7.50. The van der Waals surface area contributed by atoms with Crippen molar-refractivity contribution in [3.63, 3.8) is 0 Å². The molecule has 2 N–H and O–H groups in total. The summed E-state index contributed by atoms with van der Waals surface area (Å²) in [5.41, 5.74) is 4.17. The predicted octanol–water partition coefficient (Wildman–Crippen LogP) is 4.36. The summed E-state index contributed by atoms with van der Waals surface area (Å²) in [7, 11) is -3.86. The monoisotopic (exact) mass is 473 g/mol. The van der Waals surface area contributed by atoms with E-state index in [1.165, 1.54) is 18.3 Å². The lowest BCUT2D eigenvalue weighted by atomic mass is 10.1. The first-order valence-electron chi connectivity index (χ1n) is 9.93. The molecule has 0 saturated carbocycles. The highest BCUT2D eigenvalue weighted by Gasteiger charge is 2.28. The van der Waals surface area contributed by atoms with E-state index in [4.69, 9.17) is 16.0 Å². The molecule has 0 fully saturated rings. The van der Waals surface area contributed by atoms with E-state index < -0.39 is 22.0 Å². The second kappa shape index (κ2) is 10.1. The molecule has 1 atom stereocenters. The fourth-order valence-electron chi connectivity index (χ4n) is 2.87. The first kappa shape index (κ1) is 23.7. The summed E-state index contributed by atoms with van der Waals surface area (Å²) in [6.07, 6.45) is 1.35. The van der Waals surface area contributed by atoms with Crippen molar-refractivity contribution in [2.45, 2.75) is 31.7 Å². The summed E-state index contributed by atoms with van der Waals surface area (Å²) in [6.45, 7) is 5.36. The minimum Gasteiger partial charge on any atom is -0.455 e. The molecule has 0 spiro atoms. The Labute approximate surface area is 192 Å². The van der Waals surface area contributed by atoms with Gasteiger partial charge in [-0.3, -0.25) is 4.79 Å². The molecule has 3 rings (SSSR count). The molecule has 0 saturated heterocycles. The Morgan fingerprint density at radius 2 is 1.69 bits per heavy atom. The first-order valence-corrected chi connectivity index (χ1v) is 11.8. The Balaban J connectivity index is 1.65. The third-order valence-corrected chi connectivity index (χ3v) is 6.39. The van der Waals surface area contributed by atoms with Crippen molar-refractivity contribution in [1.82, 2.24) is 10.1 Å². The molecule has 0 aliphatic rings. The molecule has 0 unspecified atom stereocenters. The van der Waals surface area contributed by atoms with Gasteiger partial charge in [0.15, 0.2) is 0 Å². The number of hydrogen-bond acceptors (Lipinski definition) is 5. The highest BCUT2D eigenvalue weighted by atomic mass is 35.5. The number of aryl methyl sites for hydroxylation is 1. The quantitative estimate of drug-likeness (QED) is 0.375. The number of nitrogens with zero attached hydrogens (tertiary/aromatic N) is 1. The van der Waals surface area contributed by atoms with Crippen LogP contribution in [0.1, 0.15) is 25.2 Å². The molecule has 0 bridgehead atoms. The third-order valence-electron chi connectivity index (χ3n) is 4.68. The molecule has 168 valence electrons. The molecular formula is C23H24ClN3O4S. The van der Waals surface area contributed by atoms with Gasteiger partial charge in [0.25, 0.3) is 5.91 Å². The molecule has 9 heteroatoms. The number of carbonyl (C=O) groups excluding carboxylic acids is 1. The lowest BCUT2D eigenvalue weighted by Crippen LogP contribution is -2.48. The largest absolute Gasteiger partial charge is 0.455 e. The number of carbonyl (C=O) groups is 1. The van der Waals surface area contributed by atoms with Crippen molar-refractivity contribution >= 4 is 33.7 Å². The second-order valence-electron chi connectivity index (χ2n) is 7.60. The van der Waals surface area contributed by atoms with E-state index in [1.807, 2.05) is 19.1 Å². The van der Waals surface area contributed by atoms with Crippen LogP contribution in [-0.4, -0.2) is 26.6 Å². The van der Waals surface area contributed by atoms with Crippen LogP contribution >= 0.6 is 11.6 Å². The van der Waals surface area contributed by atoms with Crippen LogP contribution in [0.4, 0.5) is 0 Å². The highest BCUT2D eigenvalue weighted by molar-refractivity contribution is 7.89. The topological polar surface area (TPSA) is 101 Å². The number of rotatable bonds is 8. The van der Waals surface area contributed by atoms with Gasteiger partial charge in [-0.15, -0.1) is 0 Å². The lowest BCUT2D eigenvalue weighted by Gasteiger charge is -2.20. The first-order chi connectivity index (χ1) is 15.2. The minimum absolute atomic E-state index is 0.0929. The zero-order valence-electron chi connectivity index (χ0n) is 17.9. The summed E-state index contributed by atoms with van der Waals surface area (Å²) in [6, 6.07) is 16.1. The van der Waals surface area contributed by atoms with Crippen LogP contribution < -0.4 is 10.1 Å². The fraction of sp³-hybridized carbons (Fsp3) is 0.217. The number of nitrogens with one attached hydrogen (secondary N) is 2. The van der Waals surface area contributed by atoms with E-state index in [1.54, 1.807) is 50.2 Å². The van der Waals surface area contributed by atoms with Gasteiger partial charge in [-0.25, -0.2) is 13.8 Å². The van der Waals surface area contributed by atoms with Crippen molar-refractivity contribution in [2.75, 3.05) is 0 Å². The fourth-order valence-corrected chi connectivity index (χ4v) is 4.34. The maximum Gasteiger partial charge on any atom is 0.258 e. The maximum absolute atomic E-state index is 12.7. The van der Waals surface area contributed by atoms with Crippen LogP contribution in [0.5, 0.6) is 0 Å². The van der Waals surface area contributed by atoms with E-state index in [-0.39, 0.29) is 10.8 Å². The molecule has 0 radical (unpaired) electrons. The molecule has 1 aromatic heterocycles. The van der Waals surface area contributed by atoms with Gasteiger partial charge in [0, 0.05) is 10.6 Å². The molecule has 0 aliphatic heterocycles. The van der Waals surface area contributed by atoms with E-state index in [0.29, 0.717) is 16.5 Å². The van der Waals surface area contributed by atoms with Gasteiger partial charge in [0.05, 0.1) is 11.1 Å². The smallest absolute Gasteiger partial charge is 0.258 e. The predicted molar refractivity (Wildman–Crippen MR) is 125 cm³/mol. The Morgan fingerprint density at radius 1 is 1.03 bits per heavy atom. The molecule has 32 heavy (non-hydrogen) atoms. The van der Waals surface area contributed by atoms with E-state index in [9.17, 15) is 13.2 Å². The average molecular weight is 474 g/mol. The van der Waals surface area contributed by atoms with Crippen molar-refractivity contribution in [2.24, 2.45) is 11.0 Å². The number of sulfonamides is 1. The summed E-state index contributed by atoms with van der Waals surface area (Å²) in [5, 5.41) is 4.53. The lowest BCUT2D eigenvalue weighted by molar-refractivity contribution is -0.123. The number of hydrogen-bond donors (Lipinski definition) is 2. The normalized spacial score (nSPS) is 12.9. The van der Waals surface area contributed by atoms with Gasteiger partial charge in [-0.05, 0) is 61.4 Å². The molecule has 7 nitrogen and oxygen atoms in total. The van der Waals surface area contributed by atoms with Crippen molar-refractivity contribution in [3.05, 3.63) is 77.0 Å². The Morgan fingerprint density at radius 3 is 2.31 bits per heavy atom. The van der Waals surface area contributed by atoms with Crippen LogP contribution in [0.2, 0.25) is 5.02 Å². The standard InChI is InChI=1S/C23H24ClN3O4S/c1-15(2)22(27-32(29,30)20-11-4-16(3)5-12-20)23(28)26-25-14-19-10-13-21(31-19)17-6-8-18(24)9-7-17/h4-15,22,27H,1-3H3,(H,26,28)/b25-14-/t22-/m0/s1. The molecule has 2 aromatic carbocycles. The van der Waals surface area contributed by atoms with Gasteiger partial charge < -0.3 is 4.42 Å². The number of halogens is 1. The van der Waals surface area contributed by atoms with E-state index in [0.717, 1.165) is 11.1 Å². The van der Waals surface area contributed by atoms with Crippen LogP contribution in [0.15, 0.2) is 75.1 Å². The van der Waals surface area contributed by atoms with E-state index >= 15 is 0 Å². The van der Waals surface area contributed by atoms with Crippen LogP contribution in [-0.2, 0) is 14.8 Å². The van der Waals surface area contributed by atoms with Crippen molar-refractivity contribution in [3.8, 4) is 11.3 Å². The SMILES string of the molecule is Cc1ccc(S(=O)(=O)N[C@H](C(=O)N/N=C\c2ccc(-c3ccc(Cl)cc3)o2)C(C)C)cc1. The van der Waals surface area contributed by atoms with E-state index in [2.05, 4.69) is 15.2 Å². The second-order valence-corrected chi connectivity index (χ2v) is 9.75. The zero-order chi connectivity index (χ0) is 23.3. The summed E-state index contributed by atoms with van der Waals surface area (Å²) in [5.74, 6) is 0.180. The minimum atomic E-state index is -3.86. The Bertz CT molecular complexity index is 1200. The summed E-state index contributed by atoms with van der Waals surface area (Å²) < 4.78 is 33.5. The summed E-state index contributed by atoms with van der Waals surface area (Å²) in [4.78, 5) is 12.7. The summed E-state index contributed by atoms with van der Waals surface area (Å²) >= 11 is 5.90. The number of hydrazone groups is 1. The van der Waals surface area contributed by atoms with Crippen LogP contribution in [0.25, 0.3) is 11.3 Å². The molecule has 0 aliphatic carbocycles. The maximum atomic E-state index is 12.7. The number of furan rings is 1. The number of amides is 1. The number of benzene rings is 2. The van der Waals surface area contributed by atoms with Gasteiger partial charge >= 0.3 is 0 Å². The molecule has 3 aromatic rings. The zero-order valence-corrected chi connectivity index (χ0v) is 19.4. The van der Waals surface area contributed by atoms with Gasteiger partial charge in [0.1, 0.15) is 17.6 Å². The van der Waals surface area contributed by atoms with Gasteiger partial charge in [-0.2, -0.15) is 9.82 Å².